The second-order valence-corrected chi connectivity index (χ2v) is 3.78. The number of hydrogen-bond acceptors (Lipinski definition) is 0. The Bertz CT molecular complexity index is 616. The Labute approximate surface area is 94.9 Å². The molecule has 0 radical (unpaired) electrons. The predicted molar refractivity (Wildman–Crippen MR) is 66.7 cm³/mol. The van der Waals surface area contributed by atoms with Gasteiger partial charge in [0.15, 0.2) is 0 Å². The van der Waals surface area contributed by atoms with Gasteiger partial charge in [-0.15, -0.1) is 12.8 Å². The Morgan fingerprint density at radius 3 is 1.50 bits per heavy atom. The number of terminal acetylenes is 2. The van der Waals surface area contributed by atoms with Crippen molar-refractivity contribution in [3.63, 3.8) is 0 Å². The summed E-state index contributed by atoms with van der Waals surface area (Å²) in [5.41, 5.74) is 6.55. The van der Waals surface area contributed by atoms with Crippen LogP contribution in [0.2, 0.25) is 0 Å². The van der Waals surface area contributed by atoms with Gasteiger partial charge in [0.2, 0.25) is 0 Å². The molecule has 0 atom stereocenters. The van der Waals surface area contributed by atoms with E-state index in [-0.39, 0.29) is 0 Å². The highest BCUT2D eigenvalue weighted by Crippen LogP contribution is 2.47. The van der Waals surface area contributed by atoms with Crippen LogP contribution in [0.3, 0.4) is 0 Å². The molecule has 0 saturated carbocycles. The summed E-state index contributed by atoms with van der Waals surface area (Å²) in [5, 5.41) is 0. The van der Waals surface area contributed by atoms with Crippen LogP contribution >= 0.6 is 0 Å². The van der Waals surface area contributed by atoms with Crippen LogP contribution in [0.4, 0.5) is 0 Å². The van der Waals surface area contributed by atoms with Crippen LogP contribution in [0.1, 0.15) is 11.1 Å². The van der Waals surface area contributed by atoms with Gasteiger partial charge >= 0.3 is 0 Å². The van der Waals surface area contributed by atoms with Crippen molar-refractivity contribution < 1.29 is 0 Å². The van der Waals surface area contributed by atoms with Crippen molar-refractivity contribution >= 4 is 0 Å². The van der Waals surface area contributed by atoms with E-state index in [1.807, 2.05) is 24.3 Å². The summed E-state index contributed by atoms with van der Waals surface area (Å²) in [6, 6.07) is 12.3. The first-order valence-electron chi connectivity index (χ1n) is 5.06. The van der Waals surface area contributed by atoms with E-state index in [9.17, 15) is 0 Å². The molecule has 0 saturated heterocycles. The second kappa shape index (κ2) is 3.02. The fraction of sp³-hybridized carbons (Fsp3) is 0. The van der Waals surface area contributed by atoms with E-state index in [0.29, 0.717) is 0 Å². The molecule has 0 N–H and O–H groups in total. The van der Waals surface area contributed by atoms with Gasteiger partial charge < -0.3 is 0 Å². The Balaban J connectivity index is 2.29. The maximum atomic E-state index is 5.44. The van der Waals surface area contributed by atoms with E-state index in [1.54, 1.807) is 0 Å². The van der Waals surface area contributed by atoms with E-state index < -0.39 is 0 Å². The van der Waals surface area contributed by atoms with Crippen LogP contribution in [0.15, 0.2) is 36.4 Å². The lowest BCUT2D eigenvalue weighted by Crippen LogP contribution is -2.00. The summed E-state index contributed by atoms with van der Waals surface area (Å²) in [4.78, 5) is 0. The molecule has 1 aliphatic carbocycles. The second-order valence-electron chi connectivity index (χ2n) is 3.78. The van der Waals surface area contributed by atoms with Crippen LogP contribution in [-0.4, -0.2) is 0 Å². The number of hydrogen-bond donors (Lipinski definition) is 0. The Kier molecular flexibility index (Phi) is 1.67. The third-order valence-electron chi connectivity index (χ3n) is 2.98. The van der Waals surface area contributed by atoms with Crippen LogP contribution in [-0.2, 0) is 0 Å². The Morgan fingerprint density at radius 2 is 1.12 bits per heavy atom. The van der Waals surface area contributed by atoms with Gasteiger partial charge in [-0.3, -0.25) is 0 Å². The predicted octanol–water partition coefficient (Wildman–Crippen LogP) is 3.30. The van der Waals surface area contributed by atoms with Crippen molar-refractivity contribution in [2.75, 3.05) is 0 Å². The van der Waals surface area contributed by atoms with E-state index in [1.165, 1.54) is 22.3 Å². The topological polar surface area (TPSA) is 0 Å². The quantitative estimate of drug-likeness (QED) is 0.488. The number of fused-ring (bicyclic) bond motifs is 4. The van der Waals surface area contributed by atoms with E-state index >= 15 is 0 Å². The summed E-state index contributed by atoms with van der Waals surface area (Å²) in [5.74, 6) is 5.27. The molecule has 72 valence electrons. The molecule has 3 rings (SSSR count). The molecule has 0 bridgehead atoms. The third-order valence-corrected chi connectivity index (χ3v) is 2.98. The molecule has 0 unspecified atom stereocenters. The molecule has 0 aliphatic heterocycles. The smallest absolute Gasteiger partial charge is 0.0405 e. The standard InChI is InChI=1S/C16H8/c1-3-11-9-15-13-7-5-6-8-14(13)16(15)10-12(11)4-2/h1-2,5-10H. The van der Waals surface area contributed by atoms with Gasteiger partial charge in [0.1, 0.15) is 0 Å². The van der Waals surface area contributed by atoms with Crippen molar-refractivity contribution in [3.8, 4) is 46.9 Å². The molecule has 0 spiro atoms. The molecule has 0 aromatic heterocycles. The molecule has 0 nitrogen and oxygen atoms in total. The normalized spacial score (nSPS) is 10.4. The average Bonchev–Trinajstić information content (AvgIpc) is 2.34. The van der Waals surface area contributed by atoms with Crippen LogP contribution in [0, 0.1) is 24.7 Å². The van der Waals surface area contributed by atoms with Crippen molar-refractivity contribution in [3.05, 3.63) is 47.5 Å². The van der Waals surface area contributed by atoms with Crippen molar-refractivity contribution in [1.82, 2.24) is 0 Å². The van der Waals surface area contributed by atoms with Crippen molar-refractivity contribution in [2.45, 2.75) is 0 Å². The number of benzene rings is 2. The molecular weight excluding hydrogens is 192 g/mol. The molecule has 0 heteroatoms. The summed E-state index contributed by atoms with van der Waals surface area (Å²) in [6.45, 7) is 0. The van der Waals surface area contributed by atoms with Gasteiger partial charge in [0, 0.05) is 11.1 Å². The highest BCUT2D eigenvalue weighted by Gasteiger charge is 2.22. The zero-order valence-electron chi connectivity index (χ0n) is 8.62. The minimum atomic E-state index is 0.802. The lowest BCUT2D eigenvalue weighted by Gasteiger charge is -2.24. The minimum absolute atomic E-state index is 0.802. The molecule has 2 aromatic rings. The highest BCUT2D eigenvalue weighted by atomic mass is 14.2. The van der Waals surface area contributed by atoms with E-state index in [2.05, 4.69) is 24.0 Å². The molecule has 0 amide bonds. The zero-order valence-corrected chi connectivity index (χ0v) is 8.62. The van der Waals surface area contributed by atoms with Crippen LogP contribution in [0.5, 0.6) is 0 Å². The summed E-state index contributed by atoms with van der Waals surface area (Å²) >= 11 is 0. The largest absolute Gasteiger partial charge is 0.115 e. The molecule has 0 fully saturated rings. The average molecular weight is 200 g/mol. The third kappa shape index (κ3) is 0.964. The van der Waals surface area contributed by atoms with Crippen molar-refractivity contribution in [2.24, 2.45) is 0 Å². The molecule has 1 aliphatic rings. The maximum absolute atomic E-state index is 5.44. The van der Waals surface area contributed by atoms with Gasteiger partial charge in [-0.05, 0) is 34.4 Å². The van der Waals surface area contributed by atoms with E-state index in [0.717, 1.165) is 11.1 Å². The van der Waals surface area contributed by atoms with E-state index in [4.69, 9.17) is 12.8 Å². The monoisotopic (exact) mass is 200 g/mol. The minimum Gasteiger partial charge on any atom is -0.115 e. The lowest BCUT2D eigenvalue weighted by atomic mass is 9.78. The maximum Gasteiger partial charge on any atom is 0.0405 e. The first kappa shape index (κ1) is 8.84. The van der Waals surface area contributed by atoms with Gasteiger partial charge in [0.05, 0.1) is 0 Å². The van der Waals surface area contributed by atoms with Gasteiger partial charge in [-0.2, -0.15) is 0 Å². The zero-order chi connectivity index (χ0) is 11.1. The fourth-order valence-electron chi connectivity index (χ4n) is 2.17. The van der Waals surface area contributed by atoms with Crippen LogP contribution in [0.25, 0.3) is 22.3 Å². The number of rotatable bonds is 0. The first-order chi connectivity index (χ1) is 7.85. The van der Waals surface area contributed by atoms with Gasteiger partial charge in [0.25, 0.3) is 0 Å². The van der Waals surface area contributed by atoms with Gasteiger partial charge in [-0.1, -0.05) is 36.1 Å². The molecule has 0 heterocycles. The lowest BCUT2D eigenvalue weighted by molar-refractivity contribution is 1.48. The Morgan fingerprint density at radius 1 is 0.688 bits per heavy atom. The fourth-order valence-corrected chi connectivity index (χ4v) is 2.17. The van der Waals surface area contributed by atoms with Gasteiger partial charge in [-0.25, -0.2) is 0 Å². The van der Waals surface area contributed by atoms with Crippen molar-refractivity contribution in [1.29, 1.82) is 0 Å². The summed E-state index contributed by atoms with van der Waals surface area (Å²) in [7, 11) is 0. The summed E-state index contributed by atoms with van der Waals surface area (Å²) in [6.07, 6.45) is 10.9. The molecule has 2 aromatic carbocycles. The molecule has 16 heavy (non-hydrogen) atoms. The SMILES string of the molecule is C#Cc1cc2c(cc1C#C)-c1ccccc1-2. The highest BCUT2D eigenvalue weighted by molar-refractivity contribution is 6.03. The van der Waals surface area contributed by atoms with Crippen LogP contribution < -0.4 is 0 Å². The molecular formula is C16H8. The first-order valence-corrected chi connectivity index (χ1v) is 5.06. The Hall–Kier alpha value is -2.44. The summed E-state index contributed by atoms with van der Waals surface area (Å²) < 4.78 is 0.